The van der Waals surface area contributed by atoms with Gasteiger partial charge in [-0.25, -0.2) is 4.39 Å². The van der Waals surface area contributed by atoms with E-state index in [2.05, 4.69) is 17.5 Å². The van der Waals surface area contributed by atoms with Gasteiger partial charge in [0.15, 0.2) is 11.6 Å². The molecular weight excluding hydrogens is 295 g/mol. The van der Waals surface area contributed by atoms with Crippen LogP contribution in [-0.4, -0.2) is 0 Å². The van der Waals surface area contributed by atoms with Crippen LogP contribution in [0.25, 0.3) is 10.1 Å². The van der Waals surface area contributed by atoms with Gasteiger partial charge >= 0.3 is 0 Å². The predicted molar refractivity (Wildman–Crippen MR) is 82.1 cm³/mol. The lowest BCUT2D eigenvalue weighted by Gasteiger charge is -2.07. The quantitative estimate of drug-likeness (QED) is 0.590. The molecule has 102 valence electrons. The molecule has 4 heteroatoms. The van der Waals surface area contributed by atoms with E-state index in [-0.39, 0.29) is 11.6 Å². The summed E-state index contributed by atoms with van der Waals surface area (Å²) < 4.78 is 20.6. The molecule has 1 nitrogen and oxygen atoms in total. The van der Waals surface area contributed by atoms with E-state index < -0.39 is 0 Å². The van der Waals surface area contributed by atoms with Crippen LogP contribution in [0.2, 0.25) is 0 Å². The van der Waals surface area contributed by atoms with Gasteiger partial charge < -0.3 is 4.74 Å². The van der Waals surface area contributed by atoms with Gasteiger partial charge in [-0.2, -0.15) is 0 Å². The molecule has 0 bridgehead atoms. The molecule has 2 aromatic carbocycles. The molecule has 0 amide bonds. The molecule has 0 saturated carbocycles. The molecule has 3 aromatic rings. The maximum absolute atomic E-state index is 13.8. The van der Waals surface area contributed by atoms with Crippen LogP contribution in [-0.2, 0) is 12.5 Å². The number of rotatable bonds is 4. The summed E-state index contributed by atoms with van der Waals surface area (Å²) in [6, 6.07) is 12.9. The molecule has 3 rings (SSSR count). The van der Waals surface area contributed by atoms with E-state index in [9.17, 15) is 4.39 Å². The largest absolute Gasteiger partial charge is 0.486 e. The molecule has 0 radical (unpaired) electrons. The van der Waals surface area contributed by atoms with Gasteiger partial charge in [-0.3, -0.25) is 0 Å². The highest BCUT2D eigenvalue weighted by molar-refractivity contribution is 7.17. The zero-order valence-corrected chi connectivity index (χ0v) is 12.2. The second-order valence-corrected chi connectivity index (χ2v) is 5.62. The summed E-state index contributed by atoms with van der Waals surface area (Å²) in [5, 5.41) is 3.21. The summed E-state index contributed by atoms with van der Waals surface area (Å²) in [6.45, 7) is 0.362. The van der Waals surface area contributed by atoms with Crippen molar-refractivity contribution in [3.8, 4) is 5.75 Å². The van der Waals surface area contributed by atoms with Crippen molar-refractivity contribution in [2.75, 3.05) is 0 Å². The van der Waals surface area contributed by atoms with Crippen molar-refractivity contribution in [3.05, 3.63) is 64.8 Å². The number of thiophene rings is 1. The van der Waals surface area contributed by atoms with Gasteiger partial charge in [-0.15, -0.1) is 22.9 Å². The third-order valence-corrected chi connectivity index (χ3v) is 4.42. The van der Waals surface area contributed by atoms with Crippen molar-refractivity contribution in [2.24, 2.45) is 0 Å². The number of halogens is 2. The van der Waals surface area contributed by atoms with Gasteiger partial charge in [0.1, 0.15) is 6.61 Å². The van der Waals surface area contributed by atoms with Crippen molar-refractivity contribution in [3.63, 3.8) is 0 Å². The van der Waals surface area contributed by atoms with Gasteiger partial charge in [-0.05, 0) is 34.5 Å². The number of hydrogen-bond donors (Lipinski definition) is 0. The van der Waals surface area contributed by atoms with E-state index in [0.717, 1.165) is 16.5 Å². The second kappa shape index (κ2) is 5.81. The Labute approximate surface area is 125 Å². The first-order chi connectivity index (χ1) is 9.78. The van der Waals surface area contributed by atoms with Crippen LogP contribution in [0.15, 0.2) is 47.8 Å². The van der Waals surface area contributed by atoms with E-state index in [1.54, 1.807) is 23.5 Å². The van der Waals surface area contributed by atoms with Crippen molar-refractivity contribution in [1.82, 2.24) is 0 Å². The fourth-order valence-corrected chi connectivity index (χ4v) is 3.16. The standard InChI is InChI=1S/C16H12ClFOS/c17-8-11-5-6-15(14(18)7-11)19-9-12-10-20-16-4-2-1-3-13(12)16/h1-7,10H,8-9H2. The number of alkyl halides is 1. The Morgan fingerprint density at radius 1 is 1.15 bits per heavy atom. The molecule has 1 heterocycles. The Hall–Kier alpha value is -1.58. The average molecular weight is 307 g/mol. The molecule has 0 aliphatic heterocycles. The minimum atomic E-state index is -0.373. The maximum atomic E-state index is 13.8. The Kier molecular flexibility index (Phi) is 3.90. The second-order valence-electron chi connectivity index (χ2n) is 4.44. The Balaban J connectivity index is 1.79. The fraction of sp³-hybridized carbons (Fsp3) is 0.125. The van der Waals surface area contributed by atoms with Gasteiger partial charge in [0.05, 0.1) is 0 Å². The number of fused-ring (bicyclic) bond motifs is 1. The van der Waals surface area contributed by atoms with E-state index in [1.807, 2.05) is 12.1 Å². The summed E-state index contributed by atoms with van der Waals surface area (Å²) >= 11 is 7.34. The minimum Gasteiger partial charge on any atom is -0.486 e. The summed E-state index contributed by atoms with van der Waals surface area (Å²) in [5.41, 5.74) is 1.82. The topological polar surface area (TPSA) is 9.23 Å². The van der Waals surface area contributed by atoms with Gasteiger partial charge in [-0.1, -0.05) is 24.3 Å². The highest BCUT2D eigenvalue weighted by atomic mass is 35.5. The van der Waals surface area contributed by atoms with Crippen LogP contribution in [0.3, 0.4) is 0 Å². The summed E-state index contributed by atoms with van der Waals surface area (Å²) in [5.74, 6) is 0.184. The third kappa shape index (κ3) is 2.65. The Morgan fingerprint density at radius 3 is 2.80 bits per heavy atom. The first-order valence-corrected chi connectivity index (χ1v) is 7.61. The molecule has 0 fully saturated rings. The van der Waals surface area contributed by atoms with Crippen molar-refractivity contribution in [1.29, 1.82) is 0 Å². The van der Waals surface area contributed by atoms with E-state index in [4.69, 9.17) is 16.3 Å². The zero-order valence-electron chi connectivity index (χ0n) is 10.6. The number of hydrogen-bond acceptors (Lipinski definition) is 2. The SMILES string of the molecule is Fc1cc(CCl)ccc1OCc1csc2ccccc12. The lowest BCUT2D eigenvalue weighted by atomic mass is 10.2. The summed E-state index contributed by atoms with van der Waals surface area (Å²) in [4.78, 5) is 0. The highest BCUT2D eigenvalue weighted by Crippen LogP contribution is 2.27. The molecular formula is C16H12ClFOS. The summed E-state index contributed by atoms with van der Waals surface area (Å²) in [6.07, 6.45) is 0. The molecule has 0 atom stereocenters. The van der Waals surface area contributed by atoms with Gasteiger partial charge in [0, 0.05) is 16.1 Å². The van der Waals surface area contributed by atoms with E-state index in [1.165, 1.54) is 10.8 Å². The molecule has 0 saturated heterocycles. The van der Waals surface area contributed by atoms with Crippen LogP contribution in [0.5, 0.6) is 5.75 Å². The normalized spacial score (nSPS) is 10.9. The van der Waals surface area contributed by atoms with Crippen LogP contribution in [0.4, 0.5) is 4.39 Å². The monoisotopic (exact) mass is 306 g/mol. The fourth-order valence-electron chi connectivity index (χ4n) is 2.04. The predicted octanol–water partition coefficient (Wildman–Crippen LogP) is 5.36. The lowest BCUT2D eigenvalue weighted by molar-refractivity contribution is 0.292. The first-order valence-electron chi connectivity index (χ1n) is 6.20. The zero-order chi connectivity index (χ0) is 13.9. The molecule has 0 spiro atoms. The highest BCUT2D eigenvalue weighted by Gasteiger charge is 2.07. The first kappa shape index (κ1) is 13.4. The Morgan fingerprint density at radius 2 is 2.00 bits per heavy atom. The molecule has 0 aliphatic rings. The Bertz CT molecular complexity index is 738. The lowest BCUT2D eigenvalue weighted by Crippen LogP contribution is -1.97. The van der Waals surface area contributed by atoms with Crippen LogP contribution < -0.4 is 4.74 Å². The number of benzene rings is 2. The smallest absolute Gasteiger partial charge is 0.165 e. The molecule has 1 aromatic heterocycles. The molecule has 0 aliphatic carbocycles. The third-order valence-electron chi connectivity index (χ3n) is 3.09. The molecule has 0 unspecified atom stereocenters. The summed E-state index contributed by atoms with van der Waals surface area (Å²) in [7, 11) is 0. The number of ether oxygens (including phenoxy) is 1. The van der Waals surface area contributed by atoms with Gasteiger partial charge in [0.2, 0.25) is 0 Å². The minimum absolute atomic E-state index is 0.258. The van der Waals surface area contributed by atoms with Gasteiger partial charge in [0.25, 0.3) is 0 Å². The van der Waals surface area contributed by atoms with Crippen LogP contribution in [0, 0.1) is 5.82 Å². The van der Waals surface area contributed by atoms with Crippen LogP contribution in [0.1, 0.15) is 11.1 Å². The van der Waals surface area contributed by atoms with Crippen molar-refractivity contribution < 1.29 is 9.13 Å². The maximum Gasteiger partial charge on any atom is 0.165 e. The van der Waals surface area contributed by atoms with Crippen molar-refractivity contribution in [2.45, 2.75) is 12.5 Å². The molecule has 20 heavy (non-hydrogen) atoms. The van der Waals surface area contributed by atoms with E-state index in [0.29, 0.717) is 12.5 Å². The van der Waals surface area contributed by atoms with Crippen molar-refractivity contribution >= 4 is 33.0 Å². The van der Waals surface area contributed by atoms with Crippen LogP contribution >= 0.6 is 22.9 Å². The molecule has 0 N–H and O–H groups in total. The van der Waals surface area contributed by atoms with E-state index >= 15 is 0 Å². The average Bonchev–Trinajstić information content (AvgIpc) is 2.89.